The number of carbonyl (C=O) groups is 1. The minimum Gasteiger partial charge on any atom is -0.460 e. The molecule has 0 amide bonds. The molecule has 0 aliphatic rings. The zero-order valence-corrected chi connectivity index (χ0v) is 9.81. The van der Waals surface area contributed by atoms with Crippen molar-refractivity contribution in [3.05, 3.63) is 36.5 Å². The minimum atomic E-state index is -0.498. The normalized spacial score (nSPS) is 13.2. The Labute approximate surface area is 95.8 Å². The van der Waals surface area contributed by atoms with Crippen LogP contribution in [0.4, 0.5) is 0 Å². The van der Waals surface area contributed by atoms with E-state index in [9.17, 15) is 4.79 Å². The van der Waals surface area contributed by atoms with Crippen LogP contribution in [0.1, 0.15) is 32.4 Å². The molecule has 1 atom stereocenters. The molecule has 2 N–H and O–H groups in total. The number of nitrogens with zero attached hydrogens (tertiary/aromatic N) is 1. The highest BCUT2D eigenvalue weighted by molar-refractivity contribution is 5.80. The van der Waals surface area contributed by atoms with Crippen LogP contribution in [0.15, 0.2) is 24.5 Å². The number of hydrogen-bond donors (Lipinski definition) is 1. The van der Waals surface area contributed by atoms with Crippen LogP contribution in [0.3, 0.4) is 0 Å². The summed E-state index contributed by atoms with van der Waals surface area (Å²) >= 11 is 0. The van der Waals surface area contributed by atoms with Gasteiger partial charge in [0.15, 0.2) is 0 Å². The highest BCUT2D eigenvalue weighted by Gasteiger charge is 2.19. The Morgan fingerprint density at radius 3 is 2.75 bits per heavy atom. The van der Waals surface area contributed by atoms with E-state index >= 15 is 0 Å². The number of carbonyl (C=O) groups excluding carboxylic acids is 1. The molecule has 1 rings (SSSR count). The van der Waals surface area contributed by atoms with Gasteiger partial charge in [-0.25, -0.2) is 0 Å². The first-order valence-corrected chi connectivity index (χ1v) is 5.12. The van der Waals surface area contributed by atoms with Gasteiger partial charge >= 0.3 is 5.97 Å². The maximum atomic E-state index is 11.5. The summed E-state index contributed by atoms with van der Waals surface area (Å²) in [4.78, 5) is 15.4. The van der Waals surface area contributed by atoms with Crippen LogP contribution in [0, 0.1) is 6.42 Å². The van der Waals surface area contributed by atoms with Gasteiger partial charge in [-0.1, -0.05) is 6.07 Å². The highest BCUT2D eigenvalue weighted by Crippen LogP contribution is 2.15. The van der Waals surface area contributed by atoms with E-state index in [0.29, 0.717) is 0 Å². The third kappa shape index (κ3) is 4.40. The van der Waals surface area contributed by atoms with Gasteiger partial charge in [0.2, 0.25) is 0 Å². The molecule has 0 saturated heterocycles. The van der Waals surface area contributed by atoms with Crippen LogP contribution in [0.5, 0.6) is 0 Å². The van der Waals surface area contributed by atoms with E-state index in [1.807, 2.05) is 26.8 Å². The zero-order chi connectivity index (χ0) is 12.2. The Kier molecular flexibility index (Phi) is 4.01. The number of esters is 1. The van der Waals surface area contributed by atoms with Crippen molar-refractivity contribution in [3.63, 3.8) is 0 Å². The molecular formula is C12H17N2O2. The first kappa shape index (κ1) is 12.6. The fourth-order valence-corrected chi connectivity index (χ4v) is 1.15. The maximum absolute atomic E-state index is 11.5. The smallest absolute Gasteiger partial charge is 0.312 e. The Morgan fingerprint density at radius 1 is 1.56 bits per heavy atom. The monoisotopic (exact) mass is 221 g/mol. The van der Waals surface area contributed by atoms with E-state index in [-0.39, 0.29) is 0 Å². The Bertz CT molecular complexity index is 344. The van der Waals surface area contributed by atoms with Crippen LogP contribution < -0.4 is 5.73 Å². The van der Waals surface area contributed by atoms with Crippen LogP contribution in [0.2, 0.25) is 0 Å². The van der Waals surface area contributed by atoms with Gasteiger partial charge in [-0.2, -0.15) is 0 Å². The summed E-state index contributed by atoms with van der Waals surface area (Å²) in [5.41, 5.74) is 6.11. The first-order chi connectivity index (χ1) is 7.38. The van der Waals surface area contributed by atoms with E-state index in [4.69, 9.17) is 10.5 Å². The lowest BCUT2D eigenvalue weighted by molar-refractivity contribution is -0.150. The third-order valence-corrected chi connectivity index (χ3v) is 1.79. The van der Waals surface area contributed by atoms with Crippen LogP contribution in [0.25, 0.3) is 0 Å². The summed E-state index contributed by atoms with van der Waals surface area (Å²) in [6.07, 6.45) is 4.64. The van der Waals surface area contributed by atoms with Crippen molar-refractivity contribution in [1.82, 2.24) is 4.98 Å². The fraction of sp³-hybridized carbons (Fsp3) is 0.417. The summed E-state index contributed by atoms with van der Waals surface area (Å²) in [5, 5.41) is 0. The molecule has 0 saturated carbocycles. The number of aromatic nitrogens is 1. The number of rotatable bonds is 3. The number of hydrogen-bond acceptors (Lipinski definition) is 4. The van der Waals surface area contributed by atoms with E-state index < -0.39 is 17.6 Å². The molecular weight excluding hydrogens is 204 g/mol. The molecule has 0 aromatic carbocycles. The van der Waals surface area contributed by atoms with Crippen molar-refractivity contribution in [3.8, 4) is 0 Å². The second kappa shape index (κ2) is 5.07. The van der Waals surface area contributed by atoms with E-state index in [1.54, 1.807) is 18.5 Å². The molecule has 1 heterocycles. The molecule has 0 spiro atoms. The zero-order valence-electron chi connectivity index (χ0n) is 9.81. The molecule has 0 aliphatic carbocycles. The average Bonchev–Trinajstić information content (AvgIpc) is 2.16. The van der Waals surface area contributed by atoms with Crippen LogP contribution in [-0.4, -0.2) is 16.6 Å². The molecule has 1 unspecified atom stereocenters. The molecule has 4 nitrogen and oxygen atoms in total. The largest absolute Gasteiger partial charge is 0.460 e. The summed E-state index contributed by atoms with van der Waals surface area (Å²) in [7, 11) is 0. The summed E-state index contributed by atoms with van der Waals surface area (Å²) < 4.78 is 5.13. The minimum absolute atomic E-state index is 0.413. The molecule has 0 fully saturated rings. The predicted octanol–water partition coefficient (Wildman–Crippen LogP) is 1.63. The highest BCUT2D eigenvalue weighted by atomic mass is 16.6. The van der Waals surface area contributed by atoms with Gasteiger partial charge < -0.3 is 10.5 Å². The predicted molar refractivity (Wildman–Crippen MR) is 61.3 cm³/mol. The quantitative estimate of drug-likeness (QED) is 0.788. The molecule has 1 aromatic heterocycles. The van der Waals surface area contributed by atoms with Crippen LogP contribution in [-0.2, 0) is 9.53 Å². The van der Waals surface area contributed by atoms with E-state index in [0.717, 1.165) is 5.56 Å². The van der Waals surface area contributed by atoms with Gasteiger partial charge in [0.25, 0.3) is 0 Å². The van der Waals surface area contributed by atoms with Crippen molar-refractivity contribution < 1.29 is 9.53 Å². The summed E-state index contributed by atoms with van der Waals surface area (Å²) in [6, 6.07) is 3.11. The second-order valence-corrected chi connectivity index (χ2v) is 4.51. The summed E-state index contributed by atoms with van der Waals surface area (Å²) in [5.74, 6) is -0.413. The van der Waals surface area contributed by atoms with Gasteiger partial charge in [-0.3, -0.25) is 9.78 Å². The van der Waals surface area contributed by atoms with Crippen molar-refractivity contribution in [2.24, 2.45) is 5.73 Å². The van der Waals surface area contributed by atoms with Crippen molar-refractivity contribution in [2.75, 3.05) is 0 Å². The molecule has 1 aromatic rings. The van der Waals surface area contributed by atoms with E-state index in [2.05, 4.69) is 4.98 Å². The van der Waals surface area contributed by atoms with Crippen molar-refractivity contribution in [2.45, 2.75) is 32.4 Å². The van der Waals surface area contributed by atoms with Crippen molar-refractivity contribution >= 4 is 5.97 Å². The van der Waals surface area contributed by atoms with Gasteiger partial charge in [-0.05, 0) is 32.4 Å². The molecule has 0 aliphatic heterocycles. The SMILES string of the molecule is CC(C)(C)OC(=O)[CH]C(N)c1cccnc1. The topological polar surface area (TPSA) is 65.2 Å². The Balaban J connectivity index is 2.52. The standard InChI is InChI=1S/C12H17N2O2/c1-12(2,3)16-11(15)7-10(13)9-5-4-6-14-8-9/h4-8,10H,13H2,1-3H3. The third-order valence-electron chi connectivity index (χ3n) is 1.79. The second-order valence-electron chi connectivity index (χ2n) is 4.51. The average molecular weight is 221 g/mol. The Morgan fingerprint density at radius 2 is 2.25 bits per heavy atom. The first-order valence-electron chi connectivity index (χ1n) is 5.12. The van der Waals surface area contributed by atoms with Gasteiger partial charge in [0.05, 0.1) is 6.42 Å². The number of pyridine rings is 1. The Hall–Kier alpha value is -1.42. The molecule has 4 heteroatoms. The van der Waals surface area contributed by atoms with E-state index in [1.165, 1.54) is 6.42 Å². The lowest BCUT2D eigenvalue weighted by atomic mass is 10.1. The lowest BCUT2D eigenvalue weighted by Gasteiger charge is -2.20. The molecule has 16 heavy (non-hydrogen) atoms. The molecule has 0 bridgehead atoms. The van der Waals surface area contributed by atoms with Gasteiger partial charge in [0, 0.05) is 18.4 Å². The molecule has 87 valence electrons. The number of ether oxygens (including phenoxy) is 1. The van der Waals surface area contributed by atoms with Gasteiger partial charge in [-0.15, -0.1) is 0 Å². The maximum Gasteiger partial charge on any atom is 0.312 e. The van der Waals surface area contributed by atoms with Gasteiger partial charge in [0.1, 0.15) is 5.60 Å². The fourth-order valence-electron chi connectivity index (χ4n) is 1.15. The van der Waals surface area contributed by atoms with Crippen LogP contribution >= 0.6 is 0 Å². The lowest BCUT2D eigenvalue weighted by Crippen LogP contribution is -2.27. The van der Waals surface area contributed by atoms with Crippen molar-refractivity contribution in [1.29, 1.82) is 0 Å². The number of nitrogens with two attached hydrogens (primary N) is 1. The summed E-state index contributed by atoms with van der Waals surface area (Å²) in [6.45, 7) is 5.44. The molecule has 1 radical (unpaired) electrons.